The van der Waals surface area contributed by atoms with Gasteiger partial charge in [-0.25, -0.2) is 0 Å². The van der Waals surface area contributed by atoms with Crippen molar-refractivity contribution >= 4 is 0 Å². The monoisotopic (exact) mass is 201 g/mol. The van der Waals surface area contributed by atoms with Crippen molar-refractivity contribution in [1.82, 2.24) is 5.32 Å². The molecule has 0 aromatic heterocycles. The van der Waals surface area contributed by atoms with Crippen LogP contribution in [0.25, 0.3) is 0 Å². The molecule has 1 atom stereocenters. The number of hydrogen-bond donors (Lipinski definition) is 1. The lowest BCUT2D eigenvalue weighted by molar-refractivity contribution is 0.0126. The minimum Gasteiger partial charge on any atom is -0.380 e. The molecule has 1 unspecified atom stereocenters. The molecule has 14 heavy (non-hydrogen) atoms. The molecule has 0 spiro atoms. The van der Waals surface area contributed by atoms with E-state index in [1.807, 2.05) is 0 Å². The fourth-order valence-corrected chi connectivity index (χ4v) is 1.58. The Bertz CT molecular complexity index is 153. The number of rotatable bonds is 5. The molecule has 3 heteroatoms. The molecule has 1 aliphatic rings. The van der Waals surface area contributed by atoms with Crippen molar-refractivity contribution in [2.75, 3.05) is 26.9 Å². The van der Waals surface area contributed by atoms with Gasteiger partial charge in [-0.1, -0.05) is 0 Å². The second-order valence-corrected chi connectivity index (χ2v) is 4.58. The average molecular weight is 201 g/mol. The summed E-state index contributed by atoms with van der Waals surface area (Å²) in [4.78, 5) is 0. The first-order valence-electron chi connectivity index (χ1n) is 5.50. The number of nitrogens with one attached hydrogen (secondary N) is 1. The van der Waals surface area contributed by atoms with E-state index in [0.717, 1.165) is 26.2 Å². The third kappa shape index (κ3) is 4.40. The van der Waals surface area contributed by atoms with Gasteiger partial charge in [-0.3, -0.25) is 0 Å². The first kappa shape index (κ1) is 12.0. The third-order valence-electron chi connectivity index (χ3n) is 2.87. The van der Waals surface area contributed by atoms with Gasteiger partial charge in [0.1, 0.15) is 0 Å². The van der Waals surface area contributed by atoms with Crippen LogP contribution >= 0.6 is 0 Å². The SMILES string of the molecule is COC(C)(C)CCNC1CCCOC1. The molecule has 0 aliphatic carbocycles. The Labute approximate surface area is 87.2 Å². The molecule has 1 N–H and O–H groups in total. The molecule has 1 saturated heterocycles. The Kier molecular flexibility index (Phi) is 4.85. The van der Waals surface area contributed by atoms with Gasteiger partial charge in [0.05, 0.1) is 12.2 Å². The van der Waals surface area contributed by atoms with E-state index in [4.69, 9.17) is 9.47 Å². The number of ether oxygens (including phenoxy) is 2. The summed E-state index contributed by atoms with van der Waals surface area (Å²) in [5.74, 6) is 0. The van der Waals surface area contributed by atoms with Gasteiger partial charge < -0.3 is 14.8 Å². The minimum absolute atomic E-state index is 0.0114. The summed E-state index contributed by atoms with van der Waals surface area (Å²) in [5.41, 5.74) is -0.0114. The molecular formula is C11H23NO2. The zero-order chi connectivity index (χ0) is 10.4. The largest absolute Gasteiger partial charge is 0.380 e. The molecule has 3 nitrogen and oxygen atoms in total. The van der Waals surface area contributed by atoms with Gasteiger partial charge in [-0.05, 0) is 39.7 Å². The van der Waals surface area contributed by atoms with E-state index in [1.165, 1.54) is 12.8 Å². The lowest BCUT2D eigenvalue weighted by Crippen LogP contribution is -2.39. The fourth-order valence-electron chi connectivity index (χ4n) is 1.58. The quantitative estimate of drug-likeness (QED) is 0.732. The van der Waals surface area contributed by atoms with Gasteiger partial charge in [0.2, 0.25) is 0 Å². The molecular weight excluding hydrogens is 178 g/mol. The van der Waals surface area contributed by atoms with Crippen molar-refractivity contribution in [2.24, 2.45) is 0 Å². The van der Waals surface area contributed by atoms with Crippen LogP contribution in [0.1, 0.15) is 33.1 Å². The van der Waals surface area contributed by atoms with Crippen molar-refractivity contribution in [2.45, 2.75) is 44.8 Å². The van der Waals surface area contributed by atoms with E-state index < -0.39 is 0 Å². The van der Waals surface area contributed by atoms with Gasteiger partial charge >= 0.3 is 0 Å². The summed E-state index contributed by atoms with van der Waals surface area (Å²) in [6.07, 6.45) is 3.47. The van der Waals surface area contributed by atoms with E-state index in [0.29, 0.717) is 6.04 Å². The van der Waals surface area contributed by atoms with E-state index in [-0.39, 0.29) is 5.60 Å². The summed E-state index contributed by atoms with van der Waals surface area (Å²) in [7, 11) is 1.77. The Morgan fingerprint density at radius 1 is 1.50 bits per heavy atom. The predicted octanol–water partition coefficient (Wildman–Crippen LogP) is 1.57. The van der Waals surface area contributed by atoms with Crippen molar-refractivity contribution in [3.63, 3.8) is 0 Å². The van der Waals surface area contributed by atoms with Crippen LogP contribution in [0.15, 0.2) is 0 Å². The minimum atomic E-state index is -0.0114. The van der Waals surface area contributed by atoms with Crippen molar-refractivity contribution in [3.05, 3.63) is 0 Å². The average Bonchev–Trinajstić information content (AvgIpc) is 2.19. The lowest BCUT2D eigenvalue weighted by Gasteiger charge is -2.27. The molecule has 84 valence electrons. The molecule has 0 saturated carbocycles. The zero-order valence-electron chi connectivity index (χ0n) is 9.64. The summed E-state index contributed by atoms with van der Waals surface area (Å²) in [6.45, 7) is 7.04. The molecule has 0 aromatic rings. The molecule has 0 bridgehead atoms. The maximum Gasteiger partial charge on any atom is 0.0634 e. The summed E-state index contributed by atoms with van der Waals surface area (Å²) < 4.78 is 10.8. The standard InChI is InChI=1S/C11H23NO2/c1-11(2,13-3)6-7-12-10-5-4-8-14-9-10/h10,12H,4-9H2,1-3H3. The van der Waals surface area contributed by atoms with Gasteiger partial charge in [0, 0.05) is 19.8 Å². The Balaban J connectivity index is 2.08. The second kappa shape index (κ2) is 5.69. The summed E-state index contributed by atoms with van der Waals surface area (Å²) in [6, 6.07) is 0.552. The highest BCUT2D eigenvalue weighted by atomic mass is 16.5. The van der Waals surface area contributed by atoms with Crippen LogP contribution in [0.5, 0.6) is 0 Å². The Morgan fingerprint density at radius 2 is 2.29 bits per heavy atom. The second-order valence-electron chi connectivity index (χ2n) is 4.58. The van der Waals surface area contributed by atoms with Gasteiger partial charge in [0.15, 0.2) is 0 Å². The van der Waals surface area contributed by atoms with Gasteiger partial charge in [0.25, 0.3) is 0 Å². The molecule has 1 heterocycles. The van der Waals surface area contributed by atoms with Gasteiger partial charge in [-0.2, -0.15) is 0 Å². The molecule has 0 amide bonds. The van der Waals surface area contributed by atoms with Crippen LogP contribution in [0.4, 0.5) is 0 Å². The Morgan fingerprint density at radius 3 is 2.86 bits per heavy atom. The third-order valence-corrected chi connectivity index (χ3v) is 2.87. The zero-order valence-corrected chi connectivity index (χ0v) is 9.64. The van der Waals surface area contributed by atoms with Crippen LogP contribution < -0.4 is 5.32 Å². The highest BCUT2D eigenvalue weighted by molar-refractivity contribution is 4.74. The van der Waals surface area contributed by atoms with E-state index in [9.17, 15) is 0 Å². The van der Waals surface area contributed by atoms with E-state index in [1.54, 1.807) is 7.11 Å². The van der Waals surface area contributed by atoms with Crippen molar-refractivity contribution in [3.8, 4) is 0 Å². The summed E-state index contributed by atoms with van der Waals surface area (Å²) >= 11 is 0. The highest BCUT2D eigenvalue weighted by Crippen LogP contribution is 2.12. The predicted molar refractivity (Wildman–Crippen MR) is 57.5 cm³/mol. The molecule has 0 radical (unpaired) electrons. The fraction of sp³-hybridized carbons (Fsp3) is 1.00. The van der Waals surface area contributed by atoms with E-state index in [2.05, 4.69) is 19.2 Å². The van der Waals surface area contributed by atoms with Crippen molar-refractivity contribution in [1.29, 1.82) is 0 Å². The molecule has 1 rings (SSSR count). The smallest absolute Gasteiger partial charge is 0.0634 e. The van der Waals surface area contributed by atoms with Crippen LogP contribution in [0.2, 0.25) is 0 Å². The van der Waals surface area contributed by atoms with Crippen molar-refractivity contribution < 1.29 is 9.47 Å². The maximum atomic E-state index is 5.40. The Hall–Kier alpha value is -0.120. The van der Waals surface area contributed by atoms with Crippen LogP contribution in [-0.2, 0) is 9.47 Å². The first-order chi connectivity index (χ1) is 6.64. The van der Waals surface area contributed by atoms with Crippen LogP contribution in [-0.4, -0.2) is 38.5 Å². The number of hydrogen-bond acceptors (Lipinski definition) is 3. The first-order valence-corrected chi connectivity index (χ1v) is 5.50. The topological polar surface area (TPSA) is 30.5 Å². The molecule has 1 aliphatic heterocycles. The molecule has 1 fully saturated rings. The lowest BCUT2D eigenvalue weighted by atomic mass is 10.0. The van der Waals surface area contributed by atoms with Crippen LogP contribution in [0, 0.1) is 0 Å². The normalized spacial score (nSPS) is 23.8. The molecule has 0 aromatic carbocycles. The number of methoxy groups -OCH3 is 1. The van der Waals surface area contributed by atoms with Crippen LogP contribution in [0.3, 0.4) is 0 Å². The van der Waals surface area contributed by atoms with E-state index >= 15 is 0 Å². The maximum absolute atomic E-state index is 5.40. The highest BCUT2D eigenvalue weighted by Gasteiger charge is 2.17. The summed E-state index contributed by atoms with van der Waals surface area (Å²) in [5, 5.41) is 3.51. The van der Waals surface area contributed by atoms with Gasteiger partial charge in [-0.15, -0.1) is 0 Å².